The lowest BCUT2D eigenvalue weighted by Crippen LogP contribution is -2.46. The van der Waals surface area contributed by atoms with Gasteiger partial charge in [-0.1, -0.05) is 30.3 Å². The van der Waals surface area contributed by atoms with Crippen molar-refractivity contribution in [2.24, 2.45) is 0 Å². The van der Waals surface area contributed by atoms with Gasteiger partial charge in [0, 0.05) is 57.6 Å². The fraction of sp³-hybridized carbons (Fsp3) is 0.320. The van der Waals surface area contributed by atoms with Gasteiger partial charge >= 0.3 is 5.69 Å². The molecule has 172 valence electrons. The van der Waals surface area contributed by atoms with E-state index in [1.165, 1.54) is 15.8 Å². The van der Waals surface area contributed by atoms with E-state index in [-0.39, 0.29) is 18.9 Å². The van der Waals surface area contributed by atoms with E-state index in [9.17, 15) is 14.4 Å². The van der Waals surface area contributed by atoms with Crippen molar-refractivity contribution >= 4 is 22.5 Å². The van der Waals surface area contributed by atoms with Crippen molar-refractivity contribution in [3.8, 4) is 0 Å². The Hall–Kier alpha value is -3.65. The SMILES string of the molecule is Cc1cccc(N2CCN(C/C=C/NC(=O)CCn3c(=O)[nH]c(=O)c4ccccc43)CC2)c1. The van der Waals surface area contributed by atoms with Crippen LogP contribution in [0.15, 0.2) is 70.4 Å². The molecule has 1 saturated heterocycles. The number of rotatable bonds is 7. The average Bonchev–Trinajstić information content (AvgIpc) is 2.82. The highest BCUT2D eigenvalue weighted by Crippen LogP contribution is 2.17. The molecule has 0 aliphatic carbocycles. The second-order valence-electron chi connectivity index (χ2n) is 8.27. The van der Waals surface area contributed by atoms with Crippen LogP contribution in [0.4, 0.5) is 5.69 Å². The molecule has 1 aliphatic heterocycles. The second-order valence-corrected chi connectivity index (χ2v) is 8.27. The average molecular weight is 448 g/mol. The summed E-state index contributed by atoms with van der Waals surface area (Å²) in [5, 5.41) is 3.20. The summed E-state index contributed by atoms with van der Waals surface area (Å²) >= 11 is 0. The van der Waals surface area contributed by atoms with Crippen LogP contribution >= 0.6 is 0 Å². The molecule has 8 heteroatoms. The molecule has 0 saturated carbocycles. The van der Waals surface area contributed by atoms with Crippen LogP contribution < -0.4 is 21.5 Å². The number of fused-ring (bicyclic) bond motifs is 1. The Morgan fingerprint density at radius 2 is 1.85 bits per heavy atom. The van der Waals surface area contributed by atoms with Crippen molar-refractivity contribution < 1.29 is 4.79 Å². The van der Waals surface area contributed by atoms with Crippen molar-refractivity contribution in [2.45, 2.75) is 19.9 Å². The summed E-state index contributed by atoms with van der Waals surface area (Å²) in [4.78, 5) is 43.4. The number of aromatic amines is 1. The molecule has 1 aromatic heterocycles. The monoisotopic (exact) mass is 447 g/mol. The Morgan fingerprint density at radius 1 is 1.06 bits per heavy atom. The molecule has 1 amide bonds. The summed E-state index contributed by atoms with van der Waals surface area (Å²) in [6.07, 6.45) is 3.75. The van der Waals surface area contributed by atoms with Gasteiger partial charge in [0.1, 0.15) is 0 Å². The number of carbonyl (C=O) groups excluding carboxylic acids is 1. The molecule has 2 aromatic carbocycles. The first kappa shape index (κ1) is 22.5. The molecule has 0 spiro atoms. The number of carbonyl (C=O) groups is 1. The Kier molecular flexibility index (Phi) is 7.04. The summed E-state index contributed by atoms with van der Waals surface area (Å²) < 4.78 is 1.42. The predicted octanol–water partition coefficient (Wildman–Crippen LogP) is 1.84. The molecule has 2 N–H and O–H groups in total. The van der Waals surface area contributed by atoms with E-state index in [2.05, 4.69) is 51.3 Å². The van der Waals surface area contributed by atoms with E-state index >= 15 is 0 Å². The fourth-order valence-electron chi connectivity index (χ4n) is 4.12. The standard InChI is InChI=1S/C25H29N5O3/c1-19-6-4-7-20(18-19)29-16-14-28(15-17-29)12-5-11-26-23(31)10-13-30-22-9-3-2-8-21(22)24(32)27-25(30)33/h2-9,11,18H,10,12-17H2,1H3,(H,26,31)(H,27,32,33)/b11-5+. The highest BCUT2D eigenvalue weighted by atomic mass is 16.2. The first-order valence-electron chi connectivity index (χ1n) is 11.2. The molecular formula is C25H29N5O3. The number of benzene rings is 2. The van der Waals surface area contributed by atoms with Crippen molar-refractivity contribution in [3.05, 3.63) is 87.2 Å². The predicted molar refractivity (Wildman–Crippen MR) is 131 cm³/mol. The Balaban J connectivity index is 1.23. The minimum absolute atomic E-state index is 0.134. The molecule has 1 aliphatic rings. The summed E-state index contributed by atoms with van der Waals surface area (Å²) in [5.74, 6) is -0.183. The maximum absolute atomic E-state index is 12.2. The lowest BCUT2D eigenvalue weighted by Gasteiger charge is -2.35. The number of amides is 1. The van der Waals surface area contributed by atoms with Gasteiger partial charge in [0.25, 0.3) is 5.56 Å². The van der Waals surface area contributed by atoms with Gasteiger partial charge in [-0.3, -0.25) is 24.0 Å². The number of hydrogen-bond donors (Lipinski definition) is 2. The van der Waals surface area contributed by atoms with E-state index < -0.39 is 11.2 Å². The van der Waals surface area contributed by atoms with Gasteiger partial charge in [0.15, 0.2) is 0 Å². The fourth-order valence-corrected chi connectivity index (χ4v) is 4.12. The number of nitrogens with zero attached hydrogens (tertiary/aromatic N) is 3. The molecule has 1 fully saturated rings. The minimum atomic E-state index is -0.508. The van der Waals surface area contributed by atoms with E-state index in [0.717, 1.165) is 32.7 Å². The molecule has 4 rings (SSSR count). The van der Waals surface area contributed by atoms with Crippen LogP contribution in [0, 0.1) is 6.92 Å². The maximum atomic E-state index is 12.2. The highest BCUT2D eigenvalue weighted by molar-refractivity contribution is 5.79. The zero-order chi connectivity index (χ0) is 23.2. The maximum Gasteiger partial charge on any atom is 0.328 e. The number of para-hydroxylation sites is 1. The number of aryl methyl sites for hydroxylation is 2. The van der Waals surface area contributed by atoms with E-state index in [0.29, 0.717) is 10.9 Å². The minimum Gasteiger partial charge on any atom is -0.369 e. The van der Waals surface area contributed by atoms with Crippen LogP contribution in [-0.4, -0.2) is 53.1 Å². The van der Waals surface area contributed by atoms with E-state index in [4.69, 9.17) is 0 Å². The summed E-state index contributed by atoms with van der Waals surface area (Å²) in [6, 6.07) is 15.5. The third kappa shape index (κ3) is 5.59. The van der Waals surface area contributed by atoms with Gasteiger partial charge in [-0.25, -0.2) is 4.79 Å². The van der Waals surface area contributed by atoms with E-state index in [1.807, 2.05) is 6.08 Å². The molecule has 2 heterocycles. The second kappa shape index (κ2) is 10.3. The van der Waals surface area contributed by atoms with Crippen LogP contribution in [0.3, 0.4) is 0 Å². The summed E-state index contributed by atoms with van der Waals surface area (Å²) in [7, 11) is 0. The quantitative estimate of drug-likeness (QED) is 0.577. The zero-order valence-electron chi connectivity index (χ0n) is 18.8. The number of hydrogen-bond acceptors (Lipinski definition) is 5. The number of aromatic nitrogens is 2. The van der Waals surface area contributed by atoms with Gasteiger partial charge in [0.2, 0.25) is 5.91 Å². The Labute approximate surface area is 192 Å². The molecule has 0 bridgehead atoms. The van der Waals surface area contributed by atoms with Gasteiger partial charge in [-0.15, -0.1) is 0 Å². The number of piperazine rings is 1. The smallest absolute Gasteiger partial charge is 0.328 e. The first-order chi connectivity index (χ1) is 16.0. The third-order valence-electron chi connectivity index (χ3n) is 5.93. The highest BCUT2D eigenvalue weighted by Gasteiger charge is 2.16. The van der Waals surface area contributed by atoms with Gasteiger partial charge in [-0.05, 0) is 36.8 Å². The molecular weight excluding hydrogens is 418 g/mol. The molecule has 8 nitrogen and oxygen atoms in total. The molecule has 3 aromatic rings. The number of nitrogens with one attached hydrogen (secondary N) is 2. The van der Waals surface area contributed by atoms with Crippen molar-refractivity contribution in [1.29, 1.82) is 0 Å². The largest absolute Gasteiger partial charge is 0.369 e. The lowest BCUT2D eigenvalue weighted by molar-refractivity contribution is -0.120. The van der Waals surface area contributed by atoms with Crippen molar-refractivity contribution in [1.82, 2.24) is 19.8 Å². The molecule has 0 radical (unpaired) electrons. The first-order valence-corrected chi connectivity index (χ1v) is 11.2. The number of anilines is 1. The summed E-state index contributed by atoms with van der Waals surface area (Å²) in [6.45, 7) is 6.96. The third-order valence-corrected chi connectivity index (χ3v) is 5.93. The molecule has 0 atom stereocenters. The Bertz CT molecular complexity index is 1270. The number of H-pyrrole nitrogens is 1. The van der Waals surface area contributed by atoms with E-state index in [1.54, 1.807) is 30.5 Å². The van der Waals surface area contributed by atoms with Crippen LogP contribution in [0.1, 0.15) is 12.0 Å². The van der Waals surface area contributed by atoms with Crippen LogP contribution in [0.2, 0.25) is 0 Å². The van der Waals surface area contributed by atoms with Gasteiger partial charge in [-0.2, -0.15) is 0 Å². The van der Waals surface area contributed by atoms with Gasteiger partial charge in [0.05, 0.1) is 10.9 Å². The van der Waals surface area contributed by atoms with Crippen LogP contribution in [0.25, 0.3) is 10.9 Å². The molecule has 33 heavy (non-hydrogen) atoms. The van der Waals surface area contributed by atoms with Crippen molar-refractivity contribution in [2.75, 3.05) is 37.6 Å². The molecule has 0 unspecified atom stereocenters. The normalized spacial score (nSPS) is 14.8. The van der Waals surface area contributed by atoms with Crippen LogP contribution in [0.5, 0.6) is 0 Å². The topological polar surface area (TPSA) is 90.4 Å². The lowest BCUT2D eigenvalue weighted by atomic mass is 10.2. The summed E-state index contributed by atoms with van der Waals surface area (Å²) in [5.41, 5.74) is 2.14. The van der Waals surface area contributed by atoms with Gasteiger partial charge < -0.3 is 10.2 Å². The van der Waals surface area contributed by atoms with Crippen LogP contribution in [-0.2, 0) is 11.3 Å². The zero-order valence-corrected chi connectivity index (χ0v) is 18.8. The Morgan fingerprint density at radius 3 is 2.64 bits per heavy atom. The van der Waals surface area contributed by atoms with Crippen molar-refractivity contribution in [3.63, 3.8) is 0 Å².